The Bertz CT molecular complexity index is 402. The normalized spacial score (nSPS) is 10.6. The number of nitrogens with zero attached hydrogens (tertiary/aromatic N) is 1. The number of benzene rings is 1. The highest BCUT2D eigenvalue weighted by Crippen LogP contribution is 2.22. The Kier molecular flexibility index (Phi) is 4.52. The van der Waals surface area contributed by atoms with Gasteiger partial charge in [0.1, 0.15) is 5.84 Å². The number of nitrogen functional groups attached to an aromatic ring is 1. The van der Waals surface area contributed by atoms with Gasteiger partial charge in [-0.25, -0.2) is 0 Å². The van der Waals surface area contributed by atoms with Crippen molar-refractivity contribution >= 4 is 11.5 Å². The van der Waals surface area contributed by atoms with Crippen LogP contribution in [0.25, 0.3) is 0 Å². The standard InChI is InChI=1S/C13H21N3O/c1-9(2)16(6-7-17)12-5-4-11(13(14)15)8-10(12)3/h4-5,8-9,17H,6-7H2,1-3H3,(H3,14,15). The summed E-state index contributed by atoms with van der Waals surface area (Å²) in [6, 6.07) is 6.04. The lowest BCUT2D eigenvalue weighted by Gasteiger charge is -2.30. The Balaban J connectivity index is 3.08. The summed E-state index contributed by atoms with van der Waals surface area (Å²) in [5.74, 6) is 0.0814. The van der Waals surface area contributed by atoms with E-state index in [-0.39, 0.29) is 12.4 Å². The number of aryl methyl sites for hydroxylation is 1. The molecule has 0 atom stereocenters. The molecule has 0 aromatic heterocycles. The molecule has 0 spiro atoms. The Morgan fingerprint density at radius 3 is 2.53 bits per heavy atom. The topological polar surface area (TPSA) is 73.3 Å². The van der Waals surface area contributed by atoms with Crippen molar-refractivity contribution in [3.8, 4) is 0 Å². The van der Waals surface area contributed by atoms with E-state index in [0.29, 0.717) is 12.6 Å². The second-order valence-electron chi connectivity index (χ2n) is 4.43. The predicted molar refractivity (Wildman–Crippen MR) is 71.8 cm³/mol. The summed E-state index contributed by atoms with van der Waals surface area (Å²) >= 11 is 0. The smallest absolute Gasteiger partial charge is 0.122 e. The fraction of sp³-hybridized carbons (Fsp3) is 0.462. The second-order valence-corrected chi connectivity index (χ2v) is 4.43. The first-order chi connectivity index (χ1) is 7.97. The first kappa shape index (κ1) is 13.5. The van der Waals surface area contributed by atoms with Crippen molar-refractivity contribution in [1.29, 1.82) is 5.41 Å². The molecule has 0 radical (unpaired) electrons. The summed E-state index contributed by atoms with van der Waals surface area (Å²) in [4.78, 5) is 2.14. The molecule has 0 unspecified atom stereocenters. The summed E-state index contributed by atoms with van der Waals surface area (Å²) in [5.41, 5.74) is 8.34. The number of hydrogen-bond donors (Lipinski definition) is 3. The molecular weight excluding hydrogens is 214 g/mol. The van der Waals surface area contributed by atoms with Gasteiger partial charge < -0.3 is 15.7 Å². The van der Waals surface area contributed by atoms with Gasteiger partial charge in [0.2, 0.25) is 0 Å². The molecule has 94 valence electrons. The van der Waals surface area contributed by atoms with E-state index in [1.54, 1.807) is 0 Å². The monoisotopic (exact) mass is 235 g/mol. The van der Waals surface area contributed by atoms with Crippen LogP contribution in [0.4, 0.5) is 5.69 Å². The first-order valence-electron chi connectivity index (χ1n) is 5.80. The number of aliphatic hydroxyl groups is 1. The quantitative estimate of drug-likeness (QED) is 0.534. The minimum Gasteiger partial charge on any atom is -0.395 e. The molecule has 0 saturated heterocycles. The molecule has 1 rings (SSSR count). The van der Waals surface area contributed by atoms with Gasteiger partial charge in [-0.15, -0.1) is 0 Å². The number of hydrogen-bond acceptors (Lipinski definition) is 3. The van der Waals surface area contributed by atoms with Crippen molar-refractivity contribution in [2.75, 3.05) is 18.1 Å². The molecule has 1 aromatic rings. The fourth-order valence-electron chi connectivity index (χ4n) is 1.91. The number of rotatable bonds is 5. The predicted octanol–water partition coefficient (Wildman–Crippen LogP) is 1.49. The molecule has 0 aliphatic carbocycles. The molecule has 0 fully saturated rings. The highest BCUT2D eigenvalue weighted by Gasteiger charge is 2.12. The van der Waals surface area contributed by atoms with Gasteiger partial charge in [0.05, 0.1) is 6.61 Å². The molecule has 0 bridgehead atoms. The summed E-state index contributed by atoms with van der Waals surface area (Å²) in [6.45, 7) is 6.92. The van der Waals surface area contributed by atoms with Crippen LogP contribution >= 0.6 is 0 Å². The molecule has 0 aliphatic heterocycles. The van der Waals surface area contributed by atoms with Crippen molar-refractivity contribution in [3.63, 3.8) is 0 Å². The summed E-state index contributed by atoms with van der Waals surface area (Å²) in [7, 11) is 0. The van der Waals surface area contributed by atoms with Gasteiger partial charge in [0.15, 0.2) is 0 Å². The van der Waals surface area contributed by atoms with Crippen LogP contribution in [-0.2, 0) is 0 Å². The van der Waals surface area contributed by atoms with Crippen molar-refractivity contribution in [1.82, 2.24) is 0 Å². The number of nitrogens with one attached hydrogen (secondary N) is 1. The maximum atomic E-state index is 9.08. The zero-order chi connectivity index (χ0) is 13.0. The molecule has 4 heteroatoms. The molecule has 0 aliphatic rings. The maximum Gasteiger partial charge on any atom is 0.122 e. The average Bonchev–Trinajstić information content (AvgIpc) is 2.26. The molecular formula is C13H21N3O. The number of nitrogens with two attached hydrogens (primary N) is 1. The summed E-state index contributed by atoms with van der Waals surface area (Å²) in [5, 5.41) is 16.5. The van der Waals surface area contributed by atoms with Gasteiger partial charge >= 0.3 is 0 Å². The van der Waals surface area contributed by atoms with Gasteiger partial charge in [0, 0.05) is 23.8 Å². The Labute approximate surface area is 103 Å². The van der Waals surface area contributed by atoms with Crippen LogP contribution in [-0.4, -0.2) is 30.1 Å². The van der Waals surface area contributed by atoms with Gasteiger partial charge in [-0.05, 0) is 44.5 Å². The molecule has 0 saturated carbocycles. The zero-order valence-electron chi connectivity index (χ0n) is 10.7. The lowest BCUT2D eigenvalue weighted by molar-refractivity contribution is 0.299. The van der Waals surface area contributed by atoms with Crippen LogP contribution in [0.1, 0.15) is 25.0 Å². The lowest BCUT2D eigenvalue weighted by atomic mass is 10.1. The van der Waals surface area contributed by atoms with Gasteiger partial charge in [-0.3, -0.25) is 5.41 Å². The van der Waals surface area contributed by atoms with Crippen LogP contribution in [0, 0.1) is 12.3 Å². The highest BCUT2D eigenvalue weighted by atomic mass is 16.3. The third kappa shape index (κ3) is 3.20. The molecule has 0 amide bonds. The Morgan fingerprint density at radius 1 is 1.47 bits per heavy atom. The third-order valence-electron chi connectivity index (χ3n) is 2.78. The second kappa shape index (κ2) is 5.68. The zero-order valence-corrected chi connectivity index (χ0v) is 10.7. The van der Waals surface area contributed by atoms with E-state index in [0.717, 1.165) is 16.8 Å². The van der Waals surface area contributed by atoms with E-state index < -0.39 is 0 Å². The highest BCUT2D eigenvalue weighted by molar-refractivity contribution is 5.95. The molecule has 1 aromatic carbocycles. The first-order valence-corrected chi connectivity index (χ1v) is 5.80. The van der Waals surface area contributed by atoms with Gasteiger partial charge in [0.25, 0.3) is 0 Å². The SMILES string of the molecule is Cc1cc(C(=N)N)ccc1N(CCO)C(C)C. The van der Waals surface area contributed by atoms with Crippen LogP contribution < -0.4 is 10.6 Å². The van der Waals surface area contributed by atoms with E-state index >= 15 is 0 Å². The van der Waals surface area contributed by atoms with Crippen molar-refractivity contribution in [2.24, 2.45) is 5.73 Å². The van der Waals surface area contributed by atoms with Crippen molar-refractivity contribution < 1.29 is 5.11 Å². The van der Waals surface area contributed by atoms with E-state index in [1.165, 1.54) is 0 Å². The molecule has 4 nitrogen and oxygen atoms in total. The molecule has 0 heterocycles. The molecule has 17 heavy (non-hydrogen) atoms. The largest absolute Gasteiger partial charge is 0.395 e. The number of aliphatic hydroxyl groups excluding tert-OH is 1. The minimum atomic E-state index is 0.0814. The van der Waals surface area contributed by atoms with Crippen LogP contribution in [0.3, 0.4) is 0 Å². The van der Waals surface area contributed by atoms with Crippen molar-refractivity contribution in [3.05, 3.63) is 29.3 Å². The van der Waals surface area contributed by atoms with Crippen LogP contribution in [0.5, 0.6) is 0 Å². The van der Waals surface area contributed by atoms with E-state index in [4.69, 9.17) is 16.2 Å². The maximum absolute atomic E-state index is 9.08. The minimum absolute atomic E-state index is 0.0814. The number of anilines is 1. The average molecular weight is 235 g/mol. The van der Waals surface area contributed by atoms with Crippen molar-refractivity contribution in [2.45, 2.75) is 26.8 Å². The number of amidine groups is 1. The fourth-order valence-corrected chi connectivity index (χ4v) is 1.91. The Morgan fingerprint density at radius 2 is 2.12 bits per heavy atom. The third-order valence-corrected chi connectivity index (χ3v) is 2.78. The summed E-state index contributed by atoms with van der Waals surface area (Å²) in [6.07, 6.45) is 0. The van der Waals surface area contributed by atoms with E-state index in [9.17, 15) is 0 Å². The summed E-state index contributed by atoms with van der Waals surface area (Å²) < 4.78 is 0. The van der Waals surface area contributed by atoms with Gasteiger partial charge in [-0.1, -0.05) is 0 Å². The van der Waals surface area contributed by atoms with Crippen LogP contribution in [0.2, 0.25) is 0 Å². The van der Waals surface area contributed by atoms with E-state index in [2.05, 4.69) is 18.7 Å². The van der Waals surface area contributed by atoms with Crippen LogP contribution in [0.15, 0.2) is 18.2 Å². The lowest BCUT2D eigenvalue weighted by Crippen LogP contribution is -2.34. The Hall–Kier alpha value is -1.55. The van der Waals surface area contributed by atoms with E-state index in [1.807, 2.05) is 25.1 Å². The van der Waals surface area contributed by atoms with Gasteiger partial charge in [-0.2, -0.15) is 0 Å². The molecule has 4 N–H and O–H groups in total.